The van der Waals surface area contributed by atoms with E-state index in [1.54, 1.807) is 55.7 Å². The first-order valence-corrected chi connectivity index (χ1v) is 10.9. The van der Waals surface area contributed by atoms with E-state index in [0.29, 0.717) is 46.6 Å². The molecular formula is C27H24ClNO5. The normalized spacial score (nSPS) is 10.8. The zero-order valence-corrected chi connectivity index (χ0v) is 19.7. The molecule has 0 spiro atoms. The lowest BCUT2D eigenvalue weighted by Gasteiger charge is -2.11. The second kappa shape index (κ2) is 12.3. The number of benzene rings is 3. The minimum atomic E-state index is -0.399. The van der Waals surface area contributed by atoms with Crippen LogP contribution in [0.15, 0.2) is 66.7 Å². The van der Waals surface area contributed by atoms with Crippen LogP contribution in [0.5, 0.6) is 23.0 Å². The van der Waals surface area contributed by atoms with Crippen LogP contribution >= 0.6 is 11.6 Å². The summed E-state index contributed by atoms with van der Waals surface area (Å²) >= 11 is 5.93. The van der Waals surface area contributed by atoms with Crippen LogP contribution in [0.2, 0.25) is 5.02 Å². The average molecular weight is 478 g/mol. The Kier molecular flexibility index (Phi) is 8.96. The highest BCUT2D eigenvalue weighted by Gasteiger charge is 2.12. The summed E-state index contributed by atoms with van der Waals surface area (Å²) in [5.74, 6) is 1.56. The maximum Gasteiger partial charge on any atom is 0.311 e. The number of rotatable bonds is 10. The van der Waals surface area contributed by atoms with Gasteiger partial charge >= 0.3 is 5.97 Å². The Balaban J connectivity index is 1.60. The number of ether oxygens (including phenoxy) is 4. The molecule has 0 bridgehead atoms. The minimum Gasteiger partial charge on any atom is -0.493 e. The fourth-order valence-corrected chi connectivity index (χ4v) is 3.27. The van der Waals surface area contributed by atoms with Crippen molar-refractivity contribution in [2.24, 2.45) is 0 Å². The van der Waals surface area contributed by atoms with Crippen LogP contribution in [0.3, 0.4) is 0 Å². The summed E-state index contributed by atoms with van der Waals surface area (Å²) in [4.78, 5) is 12.3. The van der Waals surface area contributed by atoms with Crippen molar-refractivity contribution in [2.75, 3.05) is 20.8 Å². The number of carbonyl (C=O) groups is 1. The summed E-state index contributed by atoms with van der Waals surface area (Å²) in [7, 11) is 3.07. The third kappa shape index (κ3) is 6.77. The number of hydrogen-bond donors (Lipinski definition) is 0. The fourth-order valence-electron chi connectivity index (χ4n) is 3.14. The van der Waals surface area contributed by atoms with Crippen molar-refractivity contribution < 1.29 is 23.7 Å². The van der Waals surface area contributed by atoms with Crippen LogP contribution in [0.4, 0.5) is 0 Å². The van der Waals surface area contributed by atoms with Crippen LogP contribution in [-0.2, 0) is 4.79 Å². The van der Waals surface area contributed by atoms with E-state index in [4.69, 9.17) is 30.5 Å². The molecule has 7 heteroatoms. The van der Waals surface area contributed by atoms with Gasteiger partial charge in [-0.1, -0.05) is 41.9 Å². The van der Waals surface area contributed by atoms with Crippen LogP contribution in [-0.4, -0.2) is 26.8 Å². The Morgan fingerprint density at radius 2 is 1.65 bits per heavy atom. The van der Waals surface area contributed by atoms with Gasteiger partial charge in [0.2, 0.25) is 0 Å². The molecule has 0 heterocycles. The van der Waals surface area contributed by atoms with Gasteiger partial charge in [-0.15, -0.1) is 0 Å². The minimum absolute atomic E-state index is 0.176. The summed E-state index contributed by atoms with van der Waals surface area (Å²) in [5, 5.41) is 10.1. The van der Waals surface area contributed by atoms with E-state index < -0.39 is 5.97 Å². The lowest BCUT2D eigenvalue weighted by Crippen LogP contribution is -2.10. The van der Waals surface area contributed by atoms with Gasteiger partial charge in [0.15, 0.2) is 23.0 Å². The highest BCUT2D eigenvalue weighted by atomic mass is 35.5. The second-order valence-corrected chi connectivity index (χ2v) is 7.60. The molecule has 0 unspecified atom stereocenters. The molecule has 174 valence electrons. The third-order valence-corrected chi connectivity index (χ3v) is 5.10. The highest BCUT2D eigenvalue weighted by molar-refractivity contribution is 6.30. The van der Waals surface area contributed by atoms with Crippen molar-refractivity contribution in [1.82, 2.24) is 0 Å². The Morgan fingerprint density at radius 1 is 0.941 bits per heavy atom. The number of allylic oxidation sites excluding steroid dienone is 1. The van der Waals surface area contributed by atoms with Crippen LogP contribution in [0, 0.1) is 11.3 Å². The fraction of sp³-hybridized carbons (Fsp3) is 0.185. The number of nitriles is 1. The number of methoxy groups -OCH3 is 2. The van der Waals surface area contributed by atoms with E-state index in [-0.39, 0.29) is 6.42 Å². The van der Waals surface area contributed by atoms with E-state index in [9.17, 15) is 10.1 Å². The average Bonchev–Trinajstić information content (AvgIpc) is 2.86. The second-order valence-electron chi connectivity index (χ2n) is 7.16. The zero-order valence-electron chi connectivity index (χ0n) is 18.9. The molecule has 0 amide bonds. The SMILES string of the molecule is COc1ccccc1OCCCC(=O)Oc1ccc(C=C(C#N)c2ccc(Cl)cc2)cc1OC. The molecule has 3 aromatic carbocycles. The molecule has 0 saturated heterocycles. The number of nitrogens with zero attached hydrogens (tertiary/aromatic N) is 1. The lowest BCUT2D eigenvalue weighted by molar-refractivity contribution is -0.134. The molecule has 0 aliphatic rings. The maximum atomic E-state index is 12.3. The molecule has 0 atom stereocenters. The van der Waals surface area contributed by atoms with Gasteiger partial charge in [0.05, 0.1) is 32.5 Å². The number of esters is 1. The van der Waals surface area contributed by atoms with Crippen LogP contribution in [0.25, 0.3) is 11.6 Å². The number of carbonyl (C=O) groups excluding carboxylic acids is 1. The van der Waals surface area contributed by atoms with E-state index in [0.717, 1.165) is 11.1 Å². The number of hydrogen-bond acceptors (Lipinski definition) is 6. The molecule has 0 aliphatic carbocycles. The van der Waals surface area contributed by atoms with Gasteiger partial charge in [0, 0.05) is 11.4 Å². The molecule has 0 saturated carbocycles. The largest absolute Gasteiger partial charge is 0.493 e. The van der Waals surface area contributed by atoms with E-state index in [1.165, 1.54) is 7.11 Å². The van der Waals surface area contributed by atoms with Gasteiger partial charge < -0.3 is 18.9 Å². The van der Waals surface area contributed by atoms with Crippen LogP contribution in [0.1, 0.15) is 24.0 Å². The van der Waals surface area contributed by atoms with E-state index in [2.05, 4.69) is 6.07 Å². The van der Waals surface area contributed by atoms with Crippen molar-refractivity contribution >= 4 is 29.2 Å². The van der Waals surface area contributed by atoms with Crippen molar-refractivity contribution in [2.45, 2.75) is 12.8 Å². The molecule has 0 fully saturated rings. The van der Waals surface area contributed by atoms with Gasteiger partial charge in [-0.3, -0.25) is 4.79 Å². The Labute approximate surface area is 203 Å². The topological polar surface area (TPSA) is 77.8 Å². The summed E-state index contributed by atoms with van der Waals surface area (Å²) in [6, 6.07) is 21.6. The summed E-state index contributed by atoms with van der Waals surface area (Å²) in [6.07, 6.45) is 2.38. The maximum absolute atomic E-state index is 12.3. The zero-order chi connectivity index (χ0) is 24.3. The lowest BCUT2D eigenvalue weighted by atomic mass is 10.0. The van der Waals surface area contributed by atoms with Gasteiger partial charge in [0.1, 0.15) is 0 Å². The molecule has 0 aromatic heterocycles. The number of para-hydroxylation sites is 2. The van der Waals surface area contributed by atoms with Crippen LogP contribution < -0.4 is 18.9 Å². The molecule has 0 radical (unpaired) electrons. The Hall–Kier alpha value is -3.95. The van der Waals surface area contributed by atoms with Gasteiger partial charge in [-0.05, 0) is 60.0 Å². The predicted molar refractivity (Wildman–Crippen MR) is 131 cm³/mol. The standard InChI is InChI=1S/C27H24ClNO5/c1-31-23-6-3-4-7-24(23)33-15-5-8-27(30)34-25-14-9-19(17-26(25)32-2)16-21(18-29)20-10-12-22(28)13-11-20/h3-4,6-7,9-14,16-17H,5,8,15H2,1-2H3. The predicted octanol–water partition coefficient (Wildman–Crippen LogP) is 6.19. The third-order valence-electron chi connectivity index (χ3n) is 4.85. The smallest absolute Gasteiger partial charge is 0.311 e. The molecular weight excluding hydrogens is 454 g/mol. The molecule has 3 rings (SSSR count). The van der Waals surface area contributed by atoms with Crippen molar-refractivity contribution in [1.29, 1.82) is 5.26 Å². The first-order valence-electron chi connectivity index (χ1n) is 10.6. The Morgan fingerprint density at radius 3 is 2.32 bits per heavy atom. The van der Waals surface area contributed by atoms with Crippen molar-refractivity contribution in [3.63, 3.8) is 0 Å². The quantitative estimate of drug-likeness (QED) is 0.114. The van der Waals surface area contributed by atoms with E-state index in [1.807, 2.05) is 24.3 Å². The first kappa shape index (κ1) is 24.7. The Bertz CT molecular complexity index is 1200. The molecule has 3 aromatic rings. The van der Waals surface area contributed by atoms with Crippen molar-refractivity contribution in [3.8, 4) is 29.1 Å². The molecule has 0 N–H and O–H groups in total. The monoisotopic (exact) mass is 477 g/mol. The summed E-state index contributed by atoms with van der Waals surface area (Å²) in [5.41, 5.74) is 1.95. The summed E-state index contributed by atoms with van der Waals surface area (Å²) in [6.45, 7) is 0.345. The summed E-state index contributed by atoms with van der Waals surface area (Å²) < 4.78 is 21.8. The molecule has 0 aliphatic heterocycles. The molecule has 6 nitrogen and oxygen atoms in total. The van der Waals surface area contributed by atoms with Gasteiger partial charge in [0.25, 0.3) is 0 Å². The molecule has 34 heavy (non-hydrogen) atoms. The number of halogens is 1. The van der Waals surface area contributed by atoms with Gasteiger partial charge in [-0.2, -0.15) is 5.26 Å². The first-order chi connectivity index (χ1) is 16.5. The van der Waals surface area contributed by atoms with Crippen molar-refractivity contribution in [3.05, 3.63) is 82.9 Å². The van der Waals surface area contributed by atoms with Gasteiger partial charge in [-0.25, -0.2) is 0 Å². The highest BCUT2D eigenvalue weighted by Crippen LogP contribution is 2.31. The van der Waals surface area contributed by atoms with E-state index >= 15 is 0 Å².